The van der Waals surface area contributed by atoms with Crippen molar-refractivity contribution >= 4 is 51.4 Å². The van der Waals surface area contributed by atoms with Gasteiger partial charge in [0.05, 0.1) is 25.1 Å². The van der Waals surface area contributed by atoms with Gasteiger partial charge in [-0.2, -0.15) is 0 Å². The number of rotatable bonds is 7. The SMILES string of the molecule is COc1ccc(Nc2nnc(SCC(=O)N3C[C@@H](C(N)=O)Oc4ccccc43)s2)cc1. The number of anilines is 3. The predicted octanol–water partition coefficient (Wildman–Crippen LogP) is 2.66. The van der Waals surface area contributed by atoms with E-state index >= 15 is 0 Å². The molecule has 2 heterocycles. The second-order valence-electron chi connectivity index (χ2n) is 6.50. The molecule has 160 valence electrons. The minimum Gasteiger partial charge on any atom is -0.497 e. The average Bonchev–Trinajstić information content (AvgIpc) is 3.24. The Bertz CT molecular complexity index is 1090. The predicted molar refractivity (Wildman–Crippen MR) is 119 cm³/mol. The fourth-order valence-electron chi connectivity index (χ4n) is 2.94. The lowest BCUT2D eigenvalue weighted by atomic mass is 10.2. The Morgan fingerprint density at radius 3 is 2.77 bits per heavy atom. The normalized spacial score (nSPS) is 15.0. The number of hydrogen-bond donors (Lipinski definition) is 2. The number of para-hydroxylation sites is 2. The lowest BCUT2D eigenvalue weighted by Crippen LogP contribution is -2.49. The number of nitrogens with two attached hydrogens (primary N) is 1. The van der Waals surface area contributed by atoms with Gasteiger partial charge in [-0.05, 0) is 36.4 Å². The summed E-state index contributed by atoms with van der Waals surface area (Å²) < 4.78 is 11.4. The third-order valence-corrected chi connectivity index (χ3v) is 6.42. The van der Waals surface area contributed by atoms with Crippen molar-refractivity contribution < 1.29 is 19.1 Å². The number of nitrogens with one attached hydrogen (secondary N) is 1. The van der Waals surface area contributed by atoms with Crippen LogP contribution in [-0.4, -0.2) is 47.5 Å². The number of primary amides is 1. The topological polar surface area (TPSA) is 120 Å². The Morgan fingerprint density at radius 2 is 2.03 bits per heavy atom. The van der Waals surface area contributed by atoms with Gasteiger partial charge >= 0.3 is 0 Å². The Morgan fingerprint density at radius 1 is 1.26 bits per heavy atom. The first-order valence-electron chi connectivity index (χ1n) is 9.26. The molecule has 0 spiro atoms. The highest BCUT2D eigenvalue weighted by atomic mass is 32.2. The molecule has 2 aromatic carbocycles. The van der Waals surface area contributed by atoms with E-state index in [9.17, 15) is 9.59 Å². The zero-order valence-electron chi connectivity index (χ0n) is 16.5. The Kier molecular flexibility index (Phi) is 6.23. The number of nitrogens with zero attached hydrogens (tertiary/aromatic N) is 3. The smallest absolute Gasteiger partial charge is 0.260 e. The van der Waals surface area contributed by atoms with E-state index in [1.54, 1.807) is 25.3 Å². The minimum atomic E-state index is -0.884. The molecule has 0 fully saturated rings. The van der Waals surface area contributed by atoms with E-state index in [4.69, 9.17) is 15.2 Å². The maximum absolute atomic E-state index is 12.9. The Hall–Kier alpha value is -3.31. The van der Waals surface area contributed by atoms with Gasteiger partial charge in [-0.25, -0.2) is 0 Å². The number of hydrogen-bond acceptors (Lipinski definition) is 9. The van der Waals surface area contributed by atoms with Crippen molar-refractivity contribution in [2.75, 3.05) is 29.6 Å². The minimum absolute atomic E-state index is 0.0755. The number of aromatic nitrogens is 2. The third-order valence-electron chi connectivity index (χ3n) is 4.46. The summed E-state index contributed by atoms with van der Waals surface area (Å²) in [6.45, 7) is 0.0755. The fraction of sp³-hybridized carbons (Fsp3) is 0.200. The van der Waals surface area contributed by atoms with E-state index in [1.807, 2.05) is 30.3 Å². The zero-order valence-corrected chi connectivity index (χ0v) is 18.1. The first-order chi connectivity index (χ1) is 15.0. The van der Waals surface area contributed by atoms with Crippen LogP contribution in [0.25, 0.3) is 0 Å². The summed E-state index contributed by atoms with van der Waals surface area (Å²) in [6, 6.07) is 14.5. The molecule has 4 rings (SSSR count). The highest BCUT2D eigenvalue weighted by Crippen LogP contribution is 2.34. The lowest BCUT2D eigenvalue weighted by Gasteiger charge is -2.33. The van der Waals surface area contributed by atoms with Crippen molar-refractivity contribution in [2.45, 2.75) is 10.4 Å². The van der Waals surface area contributed by atoms with Crippen LogP contribution in [0.1, 0.15) is 0 Å². The van der Waals surface area contributed by atoms with E-state index in [-0.39, 0.29) is 18.2 Å². The van der Waals surface area contributed by atoms with E-state index in [0.29, 0.717) is 20.9 Å². The molecular formula is C20H19N5O4S2. The van der Waals surface area contributed by atoms with Crippen LogP contribution in [0.15, 0.2) is 52.9 Å². The van der Waals surface area contributed by atoms with Crippen LogP contribution in [0.2, 0.25) is 0 Å². The van der Waals surface area contributed by atoms with Gasteiger partial charge < -0.3 is 25.4 Å². The molecule has 1 atom stereocenters. The van der Waals surface area contributed by atoms with Crippen LogP contribution in [-0.2, 0) is 9.59 Å². The standard InChI is InChI=1S/C20H19N5O4S2/c1-28-13-8-6-12(7-9-13)22-19-23-24-20(31-19)30-11-17(26)25-10-16(18(21)27)29-15-5-3-2-4-14(15)25/h2-9,16H,10-11H2,1H3,(H2,21,27)(H,22,23)/t16-/m0/s1. The van der Waals surface area contributed by atoms with Gasteiger partial charge in [0, 0.05) is 5.69 Å². The molecule has 11 heteroatoms. The van der Waals surface area contributed by atoms with Gasteiger partial charge in [-0.15, -0.1) is 10.2 Å². The molecule has 0 aliphatic carbocycles. The molecule has 0 radical (unpaired) electrons. The molecule has 0 saturated carbocycles. The van der Waals surface area contributed by atoms with Gasteiger partial charge in [-0.1, -0.05) is 35.2 Å². The van der Waals surface area contributed by atoms with Crippen LogP contribution in [0, 0.1) is 0 Å². The van der Waals surface area contributed by atoms with Crippen molar-refractivity contribution in [3.8, 4) is 11.5 Å². The monoisotopic (exact) mass is 457 g/mol. The van der Waals surface area contributed by atoms with Gasteiger partial charge in [0.1, 0.15) is 11.5 Å². The molecule has 1 aliphatic heterocycles. The van der Waals surface area contributed by atoms with Crippen LogP contribution in [0.5, 0.6) is 11.5 Å². The van der Waals surface area contributed by atoms with Crippen molar-refractivity contribution in [1.82, 2.24) is 10.2 Å². The molecule has 2 amide bonds. The Labute approximate surface area is 186 Å². The van der Waals surface area contributed by atoms with Crippen LogP contribution >= 0.6 is 23.1 Å². The summed E-state index contributed by atoms with van der Waals surface area (Å²) >= 11 is 2.63. The largest absolute Gasteiger partial charge is 0.497 e. The average molecular weight is 458 g/mol. The Balaban J connectivity index is 1.39. The second-order valence-corrected chi connectivity index (χ2v) is 8.70. The van der Waals surface area contributed by atoms with E-state index < -0.39 is 12.0 Å². The molecule has 3 N–H and O–H groups in total. The highest BCUT2D eigenvalue weighted by molar-refractivity contribution is 8.01. The molecule has 3 aromatic rings. The zero-order chi connectivity index (χ0) is 21.8. The number of ether oxygens (including phenoxy) is 2. The van der Waals surface area contributed by atoms with E-state index in [1.165, 1.54) is 28.0 Å². The number of methoxy groups -OCH3 is 1. The first kappa shape index (κ1) is 20.9. The van der Waals surface area contributed by atoms with Crippen LogP contribution < -0.4 is 25.4 Å². The fourth-order valence-corrected chi connectivity index (χ4v) is 4.58. The summed E-state index contributed by atoms with van der Waals surface area (Å²) in [4.78, 5) is 26.0. The summed E-state index contributed by atoms with van der Waals surface area (Å²) in [5.41, 5.74) is 6.87. The van der Waals surface area contributed by atoms with Crippen molar-refractivity contribution in [1.29, 1.82) is 0 Å². The van der Waals surface area contributed by atoms with Crippen molar-refractivity contribution in [2.24, 2.45) is 5.73 Å². The second kappa shape index (κ2) is 9.23. The van der Waals surface area contributed by atoms with Gasteiger partial charge in [0.2, 0.25) is 11.0 Å². The maximum atomic E-state index is 12.9. The number of fused-ring (bicyclic) bond motifs is 1. The van der Waals surface area contributed by atoms with Crippen LogP contribution in [0.4, 0.5) is 16.5 Å². The number of amides is 2. The molecule has 1 aliphatic rings. The molecule has 1 aromatic heterocycles. The third kappa shape index (κ3) is 4.89. The number of benzene rings is 2. The highest BCUT2D eigenvalue weighted by Gasteiger charge is 2.32. The van der Waals surface area contributed by atoms with Gasteiger partial charge in [0.15, 0.2) is 10.4 Å². The number of carbonyl (C=O) groups is 2. The quantitative estimate of drug-likeness (QED) is 0.520. The van der Waals surface area contributed by atoms with E-state index in [0.717, 1.165) is 11.4 Å². The van der Waals surface area contributed by atoms with Crippen molar-refractivity contribution in [3.63, 3.8) is 0 Å². The molecule has 0 unspecified atom stereocenters. The number of thioether (sulfide) groups is 1. The summed E-state index contributed by atoms with van der Waals surface area (Å²) in [5, 5.41) is 12.0. The first-order valence-corrected chi connectivity index (χ1v) is 11.1. The molecule has 9 nitrogen and oxygen atoms in total. The summed E-state index contributed by atoms with van der Waals surface area (Å²) in [5.74, 6) is 0.570. The summed E-state index contributed by atoms with van der Waals surface area (Å²) in [6.07, 6.45) is -0.884. The maximum Gasteiger partial charge on any atom is 0.260 e. The molecular weight excluding hydrogens is 438 g/mol. The van der Waals surface area contributed by atoms with Gasteiger partial charge in [-0.3, -0.25) is 9.59 Å². The lowest BCUT2D eigenvalue weighted by molar-refractivity contribution is -0.125. The molecule has 31 heavy (non-hydrogen) atoms. The van der Waals surface area contributed by atoms with Crippen molar-refractivity contribution in [3.05, 3.63) is 48.5 Å². The molecule has 0 bridgehead atoms. The summed E-state index contributed by atoms with van der Waals surface area (Å²) in [7, 11) is 1.61. The van der Waals surface area contributed by atoms with Crippen LogP contribution in [0.3, 0.4) is 0 Å². The number of carbonyl (C=O) groups excluding carboxylic acids is 2. The van der Waals surface area contributed by atoms with Gasteiger partial charge in [0.25, 0.3) is 5.91 Å². The van der Waals surface area contributed by atoms with E-state index in [2.05, 4.69) is 15.5 Å². The molecule has 0 saturated heterocycles.